The van der Waals surface area contributed by atoms with Crippen molar-refractivity contribution in [3.63, 3.8) is 0 Å². The fraction of sp³-hybridized carbons (Fsp3) is 0.462. The number of furan rings is 1. The van der Waals surface area contributed by atoms with E-state index in [2.05, 4.69) is 18.7 Å². The molecule has 9 heteroatoms. The summed E-state index contributed by atoms with van der Waals surface area (Å²) in [7, 11) is 0. The molecular formula is C26H33N3O6. The smallest absolute Gasteiger partial charge is 0.295 e. The van der Waals surface area contributed by atoms with Gasteiger partial charge < -0.3 is 19.3 Å². The molecule has 1 fully saturated rings. The van der Waals surface area contributed by atoms with E-state index < -0.39 is 22.7 Å². The van der Waals surface area contributed by atoms with Gasteiger partial charge in [-0.1, -0.05) is 26.7 Å². The number of aliphatic hydroxyl groups excluding tert-OH is 1. The molecule has 3 rings (SSSR count). The summed E-state index contributed by atoms with van der Waals surface area (Å²) in [4.78, 5) is 40.3. The molecule has 1 aliphatic heterocycles. The summed E-state index contributed by atoms with van der Waals surface area (Å²) in [6.07, 6.45) is 6.57. The van der Waals surface area contributed by atoms with Gasteiger partial charge in [0.25, 0.3) is 17.4 Å². The summed E-state index contributed by atoms with van der Waals surface area (Å²) < 4.78 is 5.55. The van der Waals surface area contributed by atoms with Crippen LogP contribution in [0.5, 0.6) is 0 Å². The number of aliphatic hydroxyl groups is 1. The van der Waals surface area contributed by atoms with Crippen molar-refractivity contribution >= 4 is 23.1 Å². The number of hydrogen-bond donors (Lipinski definition) is 1. The molecule has 1 amide bonds. The summed E-state index contributed by atoms with van der Waals surface area (Å²) in [5.41, 5.74) is 0.00312. The maximum atomic E-state index is 13.0. The van der Waals surface area contributed by atoms with Gasteiger partial charge >= 0.3 is 0 Å². The Labute approximate surface area is 205 Å². The molecule has 0 aliphatic carbocycles. The maximum Gasteiger partial charge on any atom is 0.295 e. The number of nitro benzene ring substituents is 1. The third-order valence-corrected chi connectivity index (χ3v) is 6.23. The first-order chi connectivity index (χ1) is 16.9. The predicted molar refractivity (Wildman–Crippen MR) is 132 cm³/mol. The first-order valence-electron chi connectivity index (χ1n) is 12.2. The molecule has 2 heterocycles. The molecule has 1 aromatic heterocycles. The highest BCUT2D eigenvalue weighted by atomic mass is 16.6. The van der Waals surface area contributed by atoms with Gasteiger partial charge in [0.2, 0.25) is 0 Å². The second kappa shape index (κ2) is 12.3. The molecular weight excluding hydrogens is 450 g/mol. The minimum atomic E-state index is -0.861. The minimum Gasteiger partial charge on any atom is -0.507 e. The lowest BCUT2D eigenvalue weighted by molar-refractivity contribution is -0.384. The van der Waals surface area contributed by atoms with E-state index in [4.69, 9.17) is 4.42 Å². The summed E-state index contributed by atoms with van der Waals surface area (Å²) in [5.74, 6) is -1.49. The molecule has 188 valence electrons. The zero-order valence-corrected chi connectivity index (χ0v) is 20.3. The third-order valence-electron chi connectivity index (χ3n) is 6.23. The fourth-order valence-corrected chi connectivity index (χ4v) is 4.31. The topological polar surface area (TPSA) is 117 Å². The molecule has 0 saturated carbocycles. The van der Waals surface area contributed by atoms with Crippen LogP contribution in [0.15, 0.2) is 52.7 Å². The predicted octanol–water partition coefficient (Wildman–Crippen LogP) is 4.90. The Kier molecular flexibility index (Phi) is 9.19. The van der Waals surface area contributed by atoms with Crippen LogP contribution >= 0.6 is 0 Å². The lowest BCUT2D eigenvalue weighted by atomic mass is 9.99. The number of benzene rings is 1. The zero-order chi connectivity index (χ0) is 25.4. The van der Waals surface area contributed by atoms with E-state index in [0.717, 1.165) is 45.3 Å². The summed E-state index contributed by atoms with van der Waals surface area (Å²) in [5, 5.41) is 22.0. The average Bonchev–Trinajstić information content (AvgIpc) is 3.47. The van der Waals surface area contributed by atoms with Crippen molar-refractivity contribution in [2.75, 3.05) is 26.2 Å². The van der Waals surface area contributed by atoms with Gasteiger partial charge in [-0.25, -0.2) is 0 Å². The molecule has 2 aromatic rings. The van der Waals surface area contributed by atoms with Crippen LogP contribution in [-0.2, 0) is 9.59 Å². The Morgan fingerprint density at radius 3 is 2.23 bits per heavy atom. The van der Waals surface area contributed by atoms with Crippen LogP contribution in [0.1, 0.15) is 63.3 Å². The van der Waals surface area contributed by atoms with Gasteiger partial charge in [-0.2, -0.15) is 0 Å². The van der Waals surface area contributed by atoms with Crippen molar-refractivity contribution in [3.05, 3.63) is 69.7 Å². The van der Waals surface area contributed by atoms with E-state index in [-0.39, 0.29) is 22.6 Å². The number of rotatable bonds is 13. The number of nitro groups is 1. The van der Waals surface area contributed by atoms with Crippen LogP contribution in [0.2, 0.25) is 0 Å². The summed E-state index contributed by atoms with van der Waals surface area (Å²) in [6.45, 7) is 7.45. The number of carbonyl (C=O) groups excluding carboxylic acids is 2. The number of likely N-dealkylation sites (tertiary alicyclic amines) is 1. The Morgan fingerprint density at radius 2 is 1.69 bits per heavy atom. The fourth-order valence-electron chi connectivity index (χ4n) is 4.31. The standard InChI is InChI=1S/C26H33N3O6/c1-3-5-14-27(15-6-4-2)16-8-17-28-23(21-9-7-18-35-21)22(25(31)26(28)32)24(30)19-10-12-20(13-11-19)29(33)34/h7,9-13,18,23,30H,3-6,8,14-17H2,1-2H3/b24-22-. The zero-order valence-electron chi connectivity index (χ0n) is 20.3. The number of ketones is 1. The SMILES string of the molecule is CCCCN(CCCC)CCCN1C(=O)C(=O)/C(=C(\O)c2ccc([N+](=O)[O-])cc2)C1c1ccco1. The summed E-state index contributed by atoms with van der Waals surface area (Å²) in [6, 6.07) is 7.68. The molecule has 1 aliphatic rings. The van der Waals surface area contributed by atoms with Gasteiger partial charge in [0.15, 0.2) is 0 Å². The number of hydrogen-bond acceptors (Lipinski definition) is 7. The van der Waals surface area contributed by atoms with Crippen LogP contribution < -0.4 is 0 Å². The number of unbranched alkanes of at least 4 members (excludes halogenated alkanes) is 2. The molecule has 0 bridgehead atoms. The average molecular weight is 484 g/mol. The first kappa shape index (κ1) is 26.2. The van der Waals surface area contributed by atoms with Gasteiger partial charge in [0.05, 0.1) is 16.8 Å². The Balaban J connectivity index is 1.86. The van der Waals surface area contributed by atoms with E-state index in [0.29, 0.717) is 18.7 Å². The normalized spacial score (nSPS) is 17.5. The number of nitrogens with zero attached hydrogens (tertiary/aromatic N) is 3. The number of Topliss-reactive ketones (excluding diaryl/α,β-unsaturated/α-hetero) is 1. The highest BCUT2D eigenvalue weighted by Crippen LogP contribution is 2.39. The maximum absolute atomic E-state index is 13.0. The van der Waals surface area contributed by atoms with E-state index in [1.807, 2.05) is 0 Å². The first-order valence-corrected chi connectivity index (χ1v) is 12.2. The largest absolute Gasteiger partial charge is 0.507 e. The van der Waals surface area contributed by atoms with Crippen LogP contribution in [-0.4, -0.2) is 57.7 Å². The highest BCUT2D eigenvalue weighted by Gasteiger charge is 2.47. The van der Waals surface area contributed by atoms with Crippen LogP contribution in [0.3, 0.4) is 0 Å². The van der Waals surface area contributed by atoms with Crippen molar-refractivity contribution < 1.29 is 24.0 Å². The molecule has 1 unspecified atom stereocenters. The molecule has 0 spiro atoms. The van der Waals surface area contributed by atoms with E-state index in [1.165, 1.54) is 35.4 Å². The number of amides is 1. The molecule has 9 nitrogen and oxygen atoms in total. The van der Waals surface area contributed by atoms with Gasteiger partial charge in [-0.15, -0.1) is 0 Å². The van der Waals surface area contributed by atoms with Gasteiger partial charge in [0, 0.05) is 24.2 Å². The molecule has 1 saturated heterocycles. The minimum absolute atomic E-state index is 0.0763. The van der Waals surface area contributed by atoms with Crippen LogP contribution in [0, 0.1) is 10.1 Å². The van der Waals surface area contributed by atoms with Crippen molar-refractivity contribution in [1.82, 2.24) is 9.80 Å². The molecule has 1 N–H and O–H groups in total. The number of non-ortho nitro benzene ring substituents is 1. The van der Waals surface area contributed by atoms with Crippen molar-refractivity contribution in [2.45, 2.75) is 52.0 Å². The van der Waals surface area contributed by atoms with Crippen molar-refractivity contribution in [3.8, 4) is 0 Å². The number of carbonyl (C=O) groups is 2. The highest BCUT2D eigenvalue weighted by molar-refractivity contribution is 6.46. The Hall–Kier alpha value is -3.46. The van der Waals surface area contributed by atoms with Crippen LogP contribution in [0.4, 0.5) is 5.69 Å². The van der Waals surface area contributed by atoms with E-state index >= 15 is 0 Å². The van der Waals surface area contributed by atoms with Gasteiger partial charge in [-0.05, 0) is 63.2 Å². The monoisotopic (exact) mass is 483 g/mol. The van der Waals surface area contributed by atoms with Gasteiger partial charge in [0.1, 0.15) is 17.6 Å². The quantitative estimate of drug-likeness (QED) is 0.142. The third kappa shape index (κ3) is 6.16. The van der Waals surface area contributed by atoms with E-state index in [9.17, 15) is 24.8 Å². The summed E-state index contributed by atoms with van der Waals surface area (Å²) >= 11 is 0. The molecule has 0 radical (unpaired) electrons. The van der Waals surface area contributed by atoms with Gasteiger partial charge in [-0.3, -0.25) is 19.7 Å². The second-order valence-electron chi connectivity index (χ2n) is 8.71. The molecule has 1 aromatic carbocycles. The second-order valence-corrected chi connectivity index (χ2v) is 8.71. The Bertz CT molecular complexity index is 1040. The van der Waals surface area contributed by atoms with E-state index in [1.54, 1.807) is 12.1 Å². The lowest BCUT2D eigenvalue weighted by Gasteiger charge is -2.26. The molecule has 1 atom stereocenters. The Morgan fingerprint density at radius 1 is 1.06 bits per heavy atom. The van der Waals surface area contributed by atoms with Crippen molar-refractivity contribution in [2.24, 2.45) is 0 Å². The van der Waals surface area contributed by atoms with Crippen LogP contribution in [0.25, 0.3) is 5.76 Å². The lowest BCUT2D eigenvalue weighted by Crippen LogP contribution is -2.34. The molecule has 35 heavy (non-hydrogen) atoms. The van der Waals surface area contributed by atoms with Crippen molar-refractivity contribution in [1.29, 1.82) is 0 Å².